The van der Waals surface area contributed by atoms with Crippen LogP contribution < -0.4 is 5.32 Å². The predicted molar refractivity (Wildman–Crippen MR) is 145 cm³/mol. The first-order chi connectivity index (χ1) is 17.3. The summed E-state index contributed by atoms with van der Waals surface area (Å²) in [6.07, 6.45) is 6.81. The topological polar surface area (TPSA) is 37.7 Å². The monoisotopic (exact) mass is 450 g/mol. The van der Waals surface area contributed by atoms with E-state index in [0.29, 0.717) is 12.0 Å². The van der Waals surface area contributed by atoms with Gasteiger partial charge in [0.2, 0.25) is 0 Å². The first kappa shape index (κ1) is 19.4. The molecule has 0 radical (unpaired) electrons. The highest BCUT2D eigenvalue weighted by Crippen LogP contribution is 2.49. The van der Waals surface area contributed by atoms with Gasteiger partial charge in [-0.2, -0.15) is 0 Å². The molecule has 0 bridgehead atoms. The SMILES string of the molecule is C1=Cc2c([nH]c3ccc(-c4ccc5c(c4)-c4ccccc4[C@H]5c4cccc(C5CN5)c4)cc23)CC1. The summed E-state index contributed by atoms with van der Waals surface area (Å²) in [6.45, 7) is 1.09. The maximum absolute atomic E-state index is 3.63. The van der Waals surface area contributed by atoms with Crippen molar-refractivity contribution in [2.75, 3.05) is 6.54 Å². The summed E-state index contributed by atoms with van der Waals surface area (Å²) < 4.78 is 0. The van der Waals surface area contributed by atoms with Crippen molar-refractivity contribution in [2.24, 2.45) is 0 Å². The van der Waals surface area contributed by atoms with Gasteiger partial charge in [0, 0.05) is 40.7 Å². The van der Waals surface area contributed by atoms with Crippen LogP contribution in [-0.4, -0.2) is 11.5 Å². The van der Waals surface area contributed by atoms with Crippen LogP contribution in [0.25, 0.3) is 39.2 Å². The third kappa shape index (κ3) is 3.00. The molecule has 2 N–H and O–H groups in total. The fourth-order valence-electron chi connectivity index (χ4n) is 6.26. The second-order valence-corrected chi connectivity index (χ2v) is 10.2. The van der Waals surface area contributed by atoms with E-state index in [2.05, 4.69) is 107 Å². The number of allylic oxidation sites excluding steroid dienone is 1. The van der Waals surface area contributed by atoms with E-state index in [-0.39, 0.29) is 0 Å². The first-order valence-electron chi connectivity index (χ1n) is 12.7. The fraction of sp³-hybridized carbons (Fsp3) is 0.152. The van der Waals surface area contributed by atoms with Gasteiger partial charge in [-0.15, -0.1) is 0 Å². The molecule has 2 nitrogen and oxygen atoms in total. The molecule has 4 aromatic carbocycles. The Labute approximate surface area is 205 Å². The molecule has 1 saturated heterocycles. The van der Waals surface area contributed by atoms with Crippen LogP contribution in [0.3, 0.4) is 0 Å². The second kappa shape index (κ2) is 7.31. The molecule has 0 amide bonds. The molecule has 1 unspecified atom stereocenters. The highest BCUT2D eigenvalue weighted by atomic mass is 15.1. The predicted octanol–water partition coefficient (Wildman–Crippen LogP) is 7.60. The smallest absolute Gasteiger partial charge is 0.0462 e. The Morgan fingerprint density at radius 2 is 1.54 bits per heavy atom. The molecule has 3 aliphatic rings. The number of aromatic amines is 1. The Morgan fingerprint density at radius 3 is 2.49 bits per heavy atom. The highest BCUT2D eigenvalue weighted by Gasteiger charge is 2.31. The van der Waals surface area contributed by atoms with Crippen LogP contribution >= 0.6 is 0 Å². The number of hydrogen-bond acceptors (Lipinski definition) is 1. The average Bonchev–Trinajstić information content (AvgIpc) is 3.63. The van der Waals surface area contributed by atoms with Crippen LogP contribution in [0.1, 0.15) is 51.9 Å². The molecular weight excluding hydrogens is 424 g/mol. The van der Waals surface area contributed by atoms with E-state index in [9.17, 15) is 0 Å². The lowest BCUT2D eigenvalue weighted by Gasteiger charge is -2.16. The van der Waals surface area contributed by atoms with E-state index >= 15 is 0 Å². The molecule has 168 valence electrons. The summed E-state index contributed by atoms with van der Waals surface area (Å²) in [5.74, 6) is 0.290. The number of aromatic nitrogens is 1. The molecule has 35 heavy (non-hydrogen) atoms. The second-order valence-electron chi connectivity index (χ2n) is 10.2. The molecule has 2 heterocycles. The Hall–Kier alpha value is -3.88. The Morgan fingerprint density at radius 1 is 0.714 bits per heavy atom. The van der Waals surface area contributed by atoms with Gasteiger partial charge < -0.3 is 10.3 Å². The molecule has 2 aliphatic carbocycles. The molecule has 1 aliphatic heterocycles. The van der Waals surface area contributed by atoms with Crippen LogP contribution in [0, 0.1) is 0 Å². The molecule has 5 aromatic rings. The van der Waals surface area contributed by atoms with Crippen LogP contribution in [0.5, 0.6) is 0 Å². The lowest BCUT2D eigenvalue weighted by atomic mass is 9.87. The number of fused-ring (bicyclic) bond motifs is 6. The van der Waals surface area contributed by atoms with E-state index in [0.717, 1.165) is 19.4 Å². The van der Waals surface area contributed by atoms with Crippen LogP contribution in [-0.2, 0) is 6.42 Å². The zero-order chi connectivity index (χ0) is 22.9. The molecule has 1 fully saturated rings. The van der Waals surface area contributed by atoms with Crippen molar-refractivity contribution in [1.29, 1.82) is 0 Å². The van der Waals surface area contributed by atoms with Crippen molar-refractivity contribution in [3.05, 3.63) is 125 Å². The van der Waals surface area contributed by atoms with E-state index in [1.54, 1.807) is 0 Å². The third-order valence-corrected chi connectivity index (χ3v) is 8.08. The van der Waals surface area contributed by atoms with Crippen LogP contribution in [0.2, 0.25) is 0 Å². The minimum Gasteiger partial charge on any atom is -0.358 e. The van der Waals surface area contributed by atoms with Gasteiger partial charge in [-0.05, 0) is 75.5 Å². The normalized spacial score (nSPS) is 19.4. The van der Waals surface area contributed by atoms with Crippen molar-refractivity contribution < 1.29 is 0 Å². The van der Waals surface area contributed by atoms with E-state index in [1.807, 2.05) is 0 Å². The zero-order valence-electron chi connectivity index (χ0n) is 19.5. The highest BCUT2D eigenvalue weighted by molar-refractivity contribution is 5.95. The Balaban J connectivity index is 1.27. The number of hydrogen-bond donors (Lipinski definition) is 2. The zero-order valence-corrected chi connectivity index (χ0v) is 19.5. The molecule has 1 aromatic heterocycles. The maximum Gasteiger partial charge on any atom is 0.0462 e. The van der Waals surface area contributed by atoms with Gasteiger partial charge in [0.05, 0.1) is 0 Å². The van der Waals surface area contributed by atoms with E-state index in [1.165, 1.54) is 66.7 Å². The number of benzene rings is 4. The van der Waals surface area contributed by atoms with E-state index < -0.39 is 0 Å². The third-order valence-electron chi connectivity index (χ3n) is 8.08. The Bertz CT molecular complexity index is 1660. The van der Waals surface area contributed by atoms with Gasteiger partial charge in [-0.25, -0.2) is 0 Å². The standard InChI is InChI=1S/C33H26N2/c1-2-10-26-24(8-1)28-17-20(21-13-15-31-29(18-21)25-9-3-4-11-30(25)35-31)12-14-27(28)33(26)23-7-5-6-22(16-23)32-19-34-32/h1-3,5-10,12-18,32-35H,4,11,19H2/t32?,33-/m1/s1. The summed E-state index contributed by atoms with van der Waals surface area (Å²) in [7, 11) is 0. The molecule has 2 heteroatoms. The van der Waals surface area contributed by atoms with Gasteiger partial charge in [-0.1, -0.05) is 78.9 Å². The lowest BCUT2D eigenvalue weighted by Crippen LogP contribution is -2.00. The minimum absolute atomic E-state index is 0.290. The maximum atomic E-state index is 3.63. The Kier molecular flexibility index (Phi) is 4.06. The lowest BCUT2D eigenvalue weighted by molar-refractivity contribution is 0.951. The fourth-order valence-corrected chi connectivity index (χ4v) is 6.26. The molecular formula is C33H26N2. The molecule has 0 spiro atoms. The summed E-state index contributed by atoms with van der Waals surface area (Å²) in [4.78, 5) is 3.63. The van der Waals surface area contributed by atoms with Crippen LogP contribution in [0.4, 0.5) is 0 Å². The number of rotatable bonds is 3. The summed E-state index contributed by atoms with van der Waals surface area (Å²) in [5.41, 5.74) is 14.9. The van der Waals surface area contributed by atoms with Crippen molar-refractivity contribution in [3.8, 4) is 22.3 Å². The average molecular weight is 451 g/mol. The van der Waals surface area contributed by atoms with Gasteiger partial charge in [0.1, 0.15) is 0 Å². The number of aryl methyl sites for hydroxylation is 1. The molecule has 2 atom stereocenters. The van der Waals surface area contributed by atoms with Crippen LogP contribution in [0.15, 0.2) is 91.0 Å². The van der Waals surface area contributed by atoms with Gasteiger partial charge in [0.25, 0.3) is 0 Å². The molecule has 0 saturated carbocycles. The van der Waals surface area contributed by atoms with Gasteiger partial charge in [-0.3, -0.25) is 0 Å². The largest absolute Gasteiger partial charge is 0.358 e. The summed E-state index contributed by atoms with van der Waals surface area (Å²) >= 11 is 0. The summed E-state index contributed by atoms with van der Waals surface area (Å²) in [5, 5.41) is 4.79. The molecule has 8 rings (SSSR count). The number of H-pyrrole nitrogens is 1. The van der Waals surface area contributed by atoms with Gasteiger partial charge in [0.15, 0.2) is 0 Å². The van der Waals surface area contributed by atoms with Crippen molar-refractivity contribution >= 4 is 17.0 Å². The quantitative estimate of drug-likeness (QED) is 0.268. The first-order valence-corrected chi connectivity index (χ1v) is 12.7. The van der Waals surface area contributed by atoms with Crippen molar-refractivity contribution in [3.63, 3.8) is 0 Å². The van der Waals surface area contributed by atoms with Gasteiger partial charge >= 0.3 is 0 Å². The van der Waals surface area contributed by atoms with E-state index in [4.69, 9.17) is 0 Å². The summed E-state index contributed by atoms with van der Waals surface area (Å²) in [6, 6.07) is 32.7. The number of nitrogens with one attached hydrogen (secondary N) is 2. The van der Waals surface area contributed by atoms with Crippen molar-refractivity contribution in [2.45, 2.75) is 24.8 Å². The minimum atomic E-state index is 0.290. The van der Waals surface area contributed by atoms with Crippen molar-refractivity contribution in [1.82, 2.24) is 10.3 Å².